The third-order valence-corrected chi connectivity index (χ3v) is 2.41. The largest absolute Gasteiger partial charge is 0.257 e. The second-order valence-electron chi connectivity index (χ2n) is 2.37. The number of nitrogens with zero attached hydrogens (tertiary/aromatic N) is 2. The van der Waals surface area contributed by atoms with Crippen LogP contribution in [0.3, 0.4) is 0 Å². The quantitative estimate of drug-likeness (QED) is 0.601. The summed E-state index contributed by atoms with van der Waals surface area (Å²) in [6.45, 7) is 3.52. The third-order valence-electron chi connectivity index (χ3n) is 1.27. The van der Waals surface area contributed by atoms with E-state index in [9.17, 15) is 8.42 Å². The second kappa shape index (κ2) is 2.34. The van der Waals surface area contributed by atoms with Gasteiger partial charge in [-0.3, -0.25) is 4.68 Å². The Labute approximate surface area is 65.8 Å². The van der Waals surface area contributed by atoms with E-state index in [1.807, 2.05) is 0 Å². The molecule has 0 aliphatic carbocycles. The van der Waals surface area contributed by atoms with Crippen LogP contribution in [0.25, 0.3) is 0 Å². The van der Waals surface area contributed by atoms with E-state index in [0.717, 1.165) is 6.26 Å². The fraction of sp³-hybridized carbons (Fsp3) is 0.333. The predicted octanol–water partition coefficient (Wildman–Crippen LogP) is 0.00579. The van der Waals surface area contributed by atoms with Crippen molar-refractivity contribution in [3.05, 3.63) is 18.7 Å². The molecule has 1 aromatic heterocycles. The zero-order valence-corrected chi connectivity index (χ0v) is 7.22. The second-order valence-corrected chi connectivity index (χ2v) is 4.33. The number of rotatable bonds is 1. The number of aromatic nitrogens is 2. The van der Waals surface area contributed by atoms with Gasteiger partial charge in [-0.15, -0.1) is 0 Å². The lowest BCUT2D eigenvalue weighted by atomic mass is 10.5. The lowest BCUT2D eigenvalue weighted by Crippen LogP contribution is -2.04. The molecule has 1 radical (unpaired) electrons. The van der Waals surface area contributed by atoms with Crippen molar-refractivity contribution in [1.82, 2.24) is 9.78 Å². The van der Waals surface area contributed by atoms with E-state index >= 15 is 0 Å². The van der Waals surface area contributed by atoms with Crippen molar-refractivity contribution in [1.29, 1.82) is 0 Å². The molecule has 0 bridgehead atoms. The molecule has 5 heteroatoms. The maximum Gasteiger partial charge on any atom is 0.192 e. The number of hydrogen-bond acceptors (Lipinski definition) is 3. The van der Waals surface area contributed by atoms with E-state index < -0.39 is 9.84 Å². The SMILES string of the molecule is [CH2]c1cc(S(C)(=O)=O)n(C)n1. The Morgan fingerprint density at radius 2 is 2.18 bits per heavy atom. The fourth-order valence-corrected chi connectivity index (χ4v) is 1.72. The lowest BCUT2D eigenvalue weighted by Gasteiger charge is -1.95. The molecule has 0 amide bonds. The van der Waals surface area contributed by atoms with E-state index in [2.05, 4.69) is 12.0 Å². The smallest absolute Gasteiger partial charge is 0.192 e. The minimum atomic E-state index is -3.15. The molecule has 61 valence electrons. The van der Waals surface area contributed by atoms with Gasteiger partial charge >= 0.3 is 0 Å². The van der Waals surface area contributed by atoms with Crippen LogP contribution in [-0.2, 0) is 16.9 Å². The number of sulfone groups is 1. The van der Waals surface area contributed by atoms with E-state index in [1.165, 1.54) is 10.7 Å². The first-order valence-electron chi connectivity index (χ1n) is 2.97. The summed E-state index contributed by atoms with van der Waals surface area (Å²) in [6, 6.07) is 1.44. The molecule has 1 heterocycles. The molecular weight excluding hydrogens is 164 g/mol. The molecule has 0 saturated carbocycles. The highest BCUT2D eigenvalue weighted by Crippen LogP contribution is 2.08. The Bertz CT molecular complexity index is 364. The van der Waals surface area contributed by atoms with Crippen LogP contribution in [0.5, 0.6) is 0 Å². The zero-order chi connectivity index (χ0) is 8.65. The van der Waals surface area contributed by atoms with Crippen LogP contribution in [0.1, 0.15) is 5.69 Å². The summed E-state index contributed by atoms with van der Waals surface area (Å²) in [4.78, 5) is 0. The standard InChI is InChI=1S/C6H9N2O2S/c1-5-4-6(8(2)7-5)11(3,9)10/h4H,1H2,2-3H3. The molecule has 0 aromatic carbocycles. The van der Waals surface area contributed by atoms with Gasteiger partial charge in [-0.25, -0.2) is 8.42 Å². The molecule has 0 atom stereocenters. The average molecular weight is 173 g/mol. The van der Waals surface area contributed by atoms with Crippen molar-refractivity contribution in [2.75, 3.05) is 6.26 Å². The van der Waals surface area contributed by atoms with Gasteiger partial charge in [0.2, 0.25) is 0 Å². The molecule has 1 aromatic rings. The summed E-state index contributed by atoms with van der Waals surface area (Å²) in [7, 11) is -1.58. The topological polar surface area (TPSA) is 52.0 Å². The zero-order valence-electron chi connectivity index (χ0n) is 6.40. The summed E-state index contributed by atoms with van der Waals surface area (Å²) in [5, 5.41) is 4.00. The summed E-state index contributed by atoms with van der Waals surface area (Å²) < 4.78 is 23.3. The molecule has 0 unspecified atom stereocenters. The van der Waals surface area contributed by atoms with Crippen LogP contribution in [0.2, 0.25) is 0 Å². The first-order valence-corrected chi connectivity index (χ1v) is 4.86. The van der Waals surface area contributed by atoms with E-state index in [1.54, 1.807) is 7.05 Å². The summed E-state index contributed by atoms with van der Waals surface area (Å²) in [5.74, 6) is 0. The molecule has 0 aliphatic heterocycles. The van der Waals surface area contributed by atoms with Crippen LogP contribution >= 0.6 is 0 Å². The molecule has 0 spiro atoms. The van der Waals surface area contributed by atoms with Gasteiger partial charge in [0.25, 0.3) is 0 Å². The highest BCUT2D eigenvalue weighted by atomic mass is 32.2. The van der Waals surface area contributed by atoms with E-state index in [-0.39, 0.29) is 5.03 Å². The molecule has 0 N–H and O–H groups in total. The normalized spacial score (nSPS) is 11.9. The van der Waals surface area contributed by atoms with Crippen molar-refractivity contribution in [2.24, 2.45) is 7.05 Å². The molecule has 0 saturated heterocycles. The van der Waals surface area contributed by atoms with Crippen LogP contribution < -0.4 is 0 Å². The average Bonchev–Trinajstić information content (AvgIpc) is 2.08. The summed E-state index contributed by atoms with van der Waals surface area (Å²) >= 11 is 0. The predicted molar refractivity (Wildman–Crippen MR) is 40.8 cm³/mol. The summed E-state index contributed by atoms with van der Waals surface area (Å²) in [6.07, 6.45) is 1.14. The van der Waals surface area contributed by atoms with Gasteiger partial charge in [0.15, 0.2) is 14.9 Å². The van der Waals surface area contributed by atoms with Crippen LogP contribution in [0.15, 0.2) is 11.1 Å². The van der Waals surface area contributed by atoms with Gasteiger partial charge in [-0.2, -0.15) is 5.10 Å². The Morgan fingerprint density at radius 3 is 2.36 bits per heavy atom. The van der Waals surface area contributed by atoms with Gasteiger partial charge in [-0.1, -0.05) is 0 Å². The van der Waals surface area contributed by atoms with Crippen LogP contribution in [-0.4, -0.2) is 24.5 Å². The Kier molecular flexibility index (Phi) is 1.75. The van der Waals surface area contributed by atoms with Crippen molar-refractivity contribution in [3.8, 4) is 0 Å². The molecule has 4 nitrogen and oxygen atoms in total. The highest BCUT2D eigenvalue weighted by molar-refractivity contribution is 7.90. The summed E-state index contributed by atoms with van der Waals surface area (Å²) in [5.41, 5.74) is 0.466. The Balaban J connectivity index is 3.36. The van der Waals surface area contributed by atoms with Gasteiger partial charge < -0.3 is 0 Å². The number of aryl methyl sites for hydroxylation is 1. The first-order chi connectivity index (χ1) is 4.91. The van der Waals surface area contributed by atoms with Crippen molar-refractivity contribution >= 4 is 9.84 Å². The molecule has 0 fully saturated rings. The maximum atomic E-state index is 11.0. The highest BCUT2D eigenvalue weighted by Gasteiger charge is 2.12. The van der Waals surface area contributed by atoms with Gasteiger partial charge in [0.1, 0.15) is 0 Å². The van der Waals surface area contributed by atoms with Crippen molar-refractivity contribution in [2.45, 2.75) is 5.03 Å². The lowest BCUT2D eigenvalue weighted by molar-refractivity contribution is 0.582. The number of hydrogen-bond donors (Lipinski definition) is 0. The van der Waals surface area contributed by atoms with Crippen molar-refractivity contribution in [3.63, 3.8) is 0 Å². The van der Waals surface area contributed by atoms with Crippen LogP contribution in [0.4, 0.5) is 0 Å². The molecule has 0 aliphatic rings. The van der Waals surface area contributed by atoms with Crippen LogP contribution in [0, 0.1) is 6.92 Å². The monoisotopic (exact) mass is 173 g/mol. The Morgan fingerprint density at radius 1 is 1.64 bits per heavy atom. The molecule has 11 heavy (non-hydrogen) atoms. The van der Waals surface area contributed by atoms with Gasteiger partial charge in [0, 0.05) is 13.3 Å². The van der Waals surface area contributed by atoms with E-state index in [0.29, 0.717) is 5.69 Å². The molecular formula is C6H9N2O2S. The Hall–Kier alpha value is -0.840. The van der Waals surface area contributed by atoms with Crippen molar-refractivity contribution < 1.29 is 8.42 Å². The minimum Gasteiger partial charge on any atom is -0.257 e. The van der Waals surface area contributed by atoms with Gasteiger partial charge in [-0.05, 0) is 13.0 Å². The maximum absolute atomic E-state index is 11.0. The first kappa shape index (κ1) is 8.26. The third kappa shape index (κ3) is 1.59. The van der Waals surface area contributed by atoms with Gasteiger partial charge in [0.05, 0.1) is 5.69 Å². The minimum absolute atomic E-state index is 0.197. The fourth-order valence-electron chi connectivity index (χ4n) is 0.854. The van der Waals surface area contributed by atoms with E-state index in [4.69, 9.17) is 0 Å². The molecule has 1 rings (SSSR count).